The predicted molar refractivity (Wildman–Crippen MR) is 45.0 cm³/mol. The molecule has 0 aromatic carbocycles. The lowest BCUT2D eigenvalue weighted by Gasteiger charge is -2.19. The Morgan fingerprint density at radius 2 is 2.29 bits per heavy atom. The van der Waals surface area contributed by atoms with E-state index < -0.39 is 29.9 Å². The van der Waals surface area contributed by atoms with Crippen molar-refractivity contribution in [3.63, 3.8) is 0 Å². The molecule has 2 fully saturated rings. The van der Waals surface area contributed by atoms with Crippen molar-refractivity contribution in [3.05, 3.63) is 0 Å². The van der Waals surface area contributed by atoms with Crippen LogP contribution < -0.4 is 5.32 Å². The number of rotatable bonds is 2. The molecule has 0 bridgehead atoms. The lowest BCUT2D eigenvalue weighted by Crippen LogP contribution is -2.43. The summed E-state index contributed by atoms with van der Waals surface area (Å²) >= 11 is 0. The maximum Gasteiger partial charge on any atom is 0.323 e. The quantitative estimate of drug-likeness (QED) is 0.682. The Balaban J connectivity index is 1.91. The molecule has 5 heteroatoms. The van der Waals surface area contributed by atoms with Crippen molar-refractivity contribution < 1.29 is 18.3 Å². The van der Waals surface area contributed by atoms with Crippen LogP contribution in [0.5, 0.6) is 0 Å². The molecule has 1 saturated heterocycles. The fourth-order valence-electron chi connectivity index (χ4n) is 2.05. The number of carbonyl (C=O) groups is 1. The van der Waals surface area contributed by atoms with E-state index in [1.54, 1.807) is 6.92 Å². The van der Waals surface area contributed by atoms with Crippen LogP contribution in [0.25, 0.3) is 0 Å². The summed E-state index contributed by atoms with van der Waals surface area (Å²) in [4.78, 5) is 11.2. The van der Waals surface area contributed by atoms with Gasteiger partial charge in [-0.3, -0.25) is 10.1 Å². The molecule has 2 rings (SSSR count). The number of carbonyl (C=O) groups excluding carboxylic acids is 1. The van der Waals surface area contributed by atoms with Gasteiger partial charge in [-0.25, -0.2) is 8.78 Å². The van der Waals surface area contributed by atoms with Crippen molar-refractivity contribution in [1.82, 2.24) is 5.32 Å². The highest BCUT2D eigenvalue weighted by Gasteiger charge is 2.70. The smallest absolute Gasteiger partial charge is 0.323 e. The minimum atomic E-state index is -2.61. The summed E-state index contributed by atoms with van der Waals surface area (Å²) in [5.74, 6) is -3.58. The first-order chi connectivity index (χ1) is 6.57. The van der Waals surface area contributed by atoms with Crippen LogP contribution in [-0.4, -0.2) is 30.6 Å². The highest BCUT2D eigenvalue weighted by molar-refractivity contribution is 5.76. The predicted octanol–water partition coefficient (Wildman–Crippen LogP) is 0.935. The highest BCUT2D eigenvalue weighted by Crippen LogP contribution is 2.53. The van der Waals surface area contributed by atoms with Crippen LogP contribution in [0.4, 0.5) is 8.78 Å². The lowest BCUT2D eigenvalue weighted by molar-refractivity contribution is -0.146. The van der Waals surface area contributed by atoms with Gasteiger partial charge in [-0.15, -0.1) is 0 Å². The molecule has 14 heavy (non-hydrogen) atoms. The van der Waals surface area contributed by atoms with Crippen molar-refractivity contribution in [2.45, 2.75) is 37.8 Å². The van der Waals surface area contributed by atoms with Crippen molar-refractivity contribution in [2.24, 2.45) is 5.92 Å². The molecule has 0 amide bonds. The van der Waals surface area contributed by atoms with E-state index in [0.29, 0.717) is 19.4 Å². The minimum Gasteiger partial charge on any atom is -0.465 e. The van der Waals surface area contributed by atoms with E-state index in [2.05, 4.69) is 5.32 Å². The van der Waals surface area contributed by atoms with Crippen molar-refractivity contribution in [1.29, 1.82) is 0 Å². The molecule has 1 N–H and O–H groups in total. The van der Waals surface area contributed by atoms with Crippen LogP contribution in [0.2, 0.25) is 0 Å². The van der Waals surface area contributed by atoms with Crippen LogP contribution in [0, 0.1) is 5.92 Å². The standard InChI is InChI=1S/C9H13F2NO2/c1-2-14-8(13)6-4-3-5-7(12-6)9(5,10)11/h5-7,12H,2-4H2,1H3/t5?,6-,7?/m1/s1. The van der Waals surface area contributed by atoms with Gasteiger partial charge in [0, 0.05) is 5.92 Å². The molecule has 1 heterocycles. The van der Waals surface area contributed by atoms with Gasteiger partial charge >= 0.3 is 5.97 Å². The second-order valence-corrected chi connectivity index (χ2v) is 3.81. The minimum absolute atomic E-state index is 0.293. The van der Waals surface area contributed by atoms with Crippen LogP contribution in [0.1, 0.15) is 19.8 Å². The van der Waals surface area contributed by atoms with Gasteiger partial charge in [0.2, 0.25) is 0 Å². The van der Waals surface area contributed by atoms with Crippen molar-refractivity contribution >= 4 is 5.97 Å². The Labute approximate surface area is 80.8 Å². The SMILES string of the molecule is CCOC(=O)[C@H]1CCC2C(N1)C2(F)F. The zero-order chi connectivity index (χ0) is 10.3. The summed E-state index contributed by atoms with van der Waals surface area (Å²) in [7, 11) is 0. The molecule has 1 saturated carbocycles. The fraction of sp³-hybridized carbons (Fsp3) is 0.889. The van der Waals surface area contributed by atoms with Gasteiger partial charge in [-0.2, -0.15) is 0 Å². The molecule has 3 nitrogen and oxygen atoms in total. The number of nitrogens with one attached hydrogen (secondary N) is 1. The van der Waals surface area contributed by atoms with E-state index >= 15 is 0 Å². The highest BCUT2D eigenvalue weighted by atomic mass is 19.3. The molecule has 1 aliphatic heterocycles. The Kier molecular flexibility index (Phi) is 2.21. The third-order valence-electron chi connectivity index (χ3n) is 2.92. The summed E-state index contributed by atoms with van der Waals surface area (Å²) in [6.07, 6.45) is 0.865. The first-order valence-electron chi connectivity index (χ1n) is 4.88. The van der Waals surface area contributed by atoms with Gasteiger partial charge in [0.15, 0.2) is 0 Å². The molecule has 1 aliphatic carbocycles. The van der Waals surface area contributed by atoms with E-state index in [9.17, 15) is 13.6 Å². The Hall–Kier alpha value is -0.710. The normalized spacial score (nSPS) is 38.6. The monoisotopic (exact) mass is 205 g/mol. The topological polar surface area (TPSA) is 38.3 Å². The Bertz CT molecular complexity index is 257. The molecular formula is C9H13F2NO2. The lowest BCUT2D eigenvalue weighted by atomic mass is 10.1. The van der Waals surface area contributed by atoms with Crippen LogP contribution in [-0.2, 0) is 9.53 Å². The molecule has 2 unspecified atom stereocenters. The average Bonchev–Trinajstić information content (AvgIpc) is 2.70. The second kappa shape index (κ2) is 3.15. The number of hydrogen-bond acceptors (Lipinski definition) is 3. The first-order valence-corrected chi connectivity index (χ1v) is 4.88. The Morgan fingerprint density at radius 3 is 2.86 bits per heavy atom. The summed E-state index contributed by atoms with van der Waals surface area (Å²) in [5.41, 5.74) is 0. The van der Waals surface area contributed by atoms with E-state index in [0.717, 1.165) is 0 Å². The second-order valence-electron chi connectivity index (χ2n) is 3.81. The summed E-state index contributed by atoms with van der Waals surface area (Å²) in [5, 5.41) is 2.64. The third kappa shape index (κ3) is 1.39. The summed E-state index contributed by atoms with van der Waals surface area (Å²) in [6, 6.07) is -1.34. The summed E-state index contributed by atoms with van der Waals surface area (Å²) in [6.45, 7) is 2.00. The van der Waals surface area contributed by atoms with Crippen LogP contribution in [0.3, 0.4) is 0 Å². The number of ether oxygens (including phenoxy) is 1. The maximum atomic E-state index is 12.9. The van der Waals surface area contributed by atoms with E-state index in [1.807, 2.05) is 0 Å². The zero-order valence-corrected chi connectivity index (χ0v) is 7.93. The Morgan fingerprint density at radius 1 is 1.57 bits per heavy atom. The molecular weight excluding hydrogens is 192 g/mol. The fourth-order valence-corrected chi connectivity index (χ4v) is 2.05. The molecule has 0 aromatic rings. The third-order valence-corrected chi connectivity index (χ3v) is 2.92. The number of alkyl halides is 2. The van der Waals surface area contributed by atoms with Gasteiger partial charge in [-0.1, -0.05) is 0 Å². The number of halogens is 2. The van der Waals surface area contributed by atoms with Crippen LogP contribution in [0.15, 0.2) is 0 Å². The molecule has 3 atom stereocenters. The molecule has 0 radical (unpaired) electrons. The van der Waals surface area contributed by atoms with Crippen molar-refractivity contribution in [3.8, 4) is 0 Å². The molecule has 0 spiro atoms. The maximum absolute atomic E-state index is 12.9. The summed E-state index contributed by atoms with van der Waals surface area (Å²) < 4.78 is 30.6. The largest absolute Gasteiger partial charge is 0.465 e. The molecule has 80 valence electrons. The number of fused-ring (bicyclic) bond motifs is 1. The van der Waals surface area contributed by atoms with Gasteiger partial charge < -0.3 is 4.74 Å². The van der Waals surface area contributed by atoms with E-state index in [-0.39, 0.29) is 0 Å². The van der Waals surface area contributed by atoms with E-state index in [1.165, 1.54) is 0 Å². The van der Waals surface area contributed by atoms with Crippen molar-refractivity contribution in [2.75, 3.05) is 6.61 Å². The van der Waals surface area contributed by atoms with Gasteiger partial charge in [0.05, 0.1) is 12.6 Å². The molecule has 2 aliphatic rings. The van der Waals surface area contributed by atoms with Gasteiger partial charge in [-0.05, 0) is 19.8 Å². The van der Waals surface area contributed by atoms with Crippen LogP contribution >= 0.6 is 0 Å². The zero-order valence-electron chi connectivity index (χ0n) is 7.93. The first kappa shape index (κ1) is 9.83. The van der Waals surface area contributed by atoms with E-state index in [4.69, 9.17) is 4.74 Å². The molecule has 0 aromatic heterocycles. The van der Waals surface area contributed by atoms with Gasteiger partial charge in [0.1, 0.15) is 6.04 Å². The van der Waals surface area contributed by atoms with Gasteiger partial charge in [0.25, 0.3) is 5.92 Å². The average molecular weight is 205 g/mol. The number of esters is 1. The number of piperidine rings is 1. The number of hydrogen-bond donors (Lipinski definition) is 1.